The average Bonchev–Trinajstić information content (AvgIpc) is 2.55. The lowest BCUT2D eigenvalue weighted by Gasteiger charge is -2.39. The molecule has 4 nitrogen and oxygen atoms in total. The molecule has 0 heterocycles. The van der Waals surface area contributed by atoms with Crippen LogP contribution in [0.25, 0.3) is 0 Å². The molecular formula is C18H16Cl4N2O2. The fourth-order valence-electron chi connectivity index (χ4n) is 2.22. The van der Waals surface area contributed by atoms with Gasteiger partial charge < -0.3 is 0 Å². The van der Waals surface area contributed by atoms with Gasteiger partial charge in [0.15, 0.2) is 0 Å². The maximum absolute atomic E-state index is 13.0. The van der Waals surface area contributed by atoms with Crippen LogP contribution >= 0.6 is 46.6 Å². The largest absolute Gasteiger partial charge is 0.287 e. The van der Waals surface area contributed by atoms with Crippen molar-refractivity contribution in [3.63, 3.8) is 0 Å². The van der Waals surface area contributed by atoms with E-state index in [9.17, 15) is 9.59 Å². The van der Waals surface area contributed by atoms with Gasteiger partial charge in [-0.25, -0.2) is 5.01 Å². The van der Waals surface area contributed by atoms with E-state index in [1.807, 2.05) is 0 Å². The summed E-state index contributed by atoms with van der Waals surface area (Å²) in [5.74, 6) is -1.13. The van der Waals surface area contributed by atoms with E-state index in [1.165, 1.54) is 18.2 Å². The standard InChI is InChI=1S/C18H16Cl4N2O2/c1-18(2,3)23(17(26)12-6-4-5-7-13(12)19)24(22)16(25)11-8-9-14(20)15(21)10-11/h4-10H,1-3H3. The summed E-state index contributed by atoms with van der Waals surface area (Å²) in [7, 11) is 0. The number of benzene rings is 2. The van der Waals surface area contributed by atoms with Gasteiger partial charge in [-0.05, 0) is 51.1 Å². The number of carbonyl (C=O) groups excluding carboxylic acids is 2. The van der Waals surface area contributed by atoms with E-state index in [0.29, 0.717) is 5.02 Å². The summed E-state index contributed by atoms with van der Waals surface area (Å²) >= 11 is 24.2. The zero-order valence-corrected chi connectivity index (χ0v) is 17.3. The Bertz CT molecular complexity index is 849. The smallest absolute Gasteiger partial charge is 0.267 e. The lowest BCUT2D eigenvalue weighted by atomic mass is 10.1. The van der Waals surface area contributed by atoms with Crippen LogP contribution in [-0.2, 0) is 0 Å². The van der Waals surface area contributed by atoms with Gasteiger partial charge in [0.05, 0.1) is 26.2 Å². The second kappa shape index (κ2) is 8.05. The first kappa shape index (κ1) is 20.8. The Balaban J connectivity index is 2.43. The van der Waals surface area contributed by atoms with E-state index < -0.39 is 17.4 Å². The van der Waals surface area contributed by atoms with Gasteiger partial charge in [-0.2, -0.15) is 4.53 Å². The molecule has 0 radical (unpaired) electrons. The van der Waals surface area contributed by atoms with Gasteiger partial charge in [-0.15, -0.1) is 0 Å². The average molecular weight is 434 g/mol. The SMILES string of the molecule is CC(C)(C)N(C(=O)c1ccccc1Cl)N(Cl)C(=O)c1ccc(Cl)c(Cl)c1. The second-order valence-electron chi connectivity index (χ2n) is 6.46. The second-order valence-corrected chi connectivity index (χ2v) is 8.00. The molecular weight excluding hydrogens is 418 g/mol. The van der Waals surface area contributed by atoms with Crippen LogP contribution in [0, 0.1) is 0 Å². The summed E-state index contributed by atoms with van der Waals surface area (Å²) in [6.07, 6.45) is 0. The molecule has 0 aliphatic carbocycles. The van der Waals surface area contributed by atoms with Gasteiger partial charge in [0, 0.05) is 17.3 Å². The van der Waals surface area contributed by atoms with Crippen molar-refractivity contribution in [2.24, 2.45) is 0 Å². The zero-order valence-electron chi connectivity index (χ0n) is 14.3. The van der Waals surface area contributed by atoms with Gasteiger partial charge in [-0.1, -0.05) is 46.9 Å². The summed E-state index contributed by atoms with van der Waals surface area (Å²) in [5, 5.41) is 1.92. The van der Waals surface area contributed by atoms with Crippen LogP contribution < -0.4 is 0 Å². The van der Waals surface area contributed by atoms with Crippen LogP contribution in [-0.4, -0.2) is 26.9 Å². The maximum Gasteiger partial charge on any atom is 0.287 e. The summed E-state index contributed by atoms with van der Waals surface area (Å²) < 4.78 is 0.741. The Morgan fingerprint density at radius 1 is 0.846 bits per heavy atom. The molecule has 0 aromatic heterocycles. The number of hydrogen-bond donors (Lipinski definition) is 0. The molecule has 0 N–H and O–H groups in total. The first-order chi connectivity index (χ1) is 12.0. The van der Waals surface area contributed by atoms with Crippen LogP contribution in [0.3, 0.4) is 0 Å². The highest BCUT2D eigenvalue weighted by Crippen LogP contribution is 2.28. The highest BCUT2D eigenvalue weighted by Gasteiger charge is 2.36. The Morgan fingerprint density at radius 3 is 2.00 bits per heavy atom. The van der Waals surface area contributed by atoms with Crippen molar-refractivity contribution in [3.05, 3.63) is 68.7 Å². The van der Waals surface area contributed by atoms with Gasteiger partial charge >= 0.3 is 0 Å². The van der Waals surface area contributed by atoms with Crippen molar-refractivity contribution in [3.8, 4) is 0 Å². The van der Waals surface area contributed by atoms with Gasteiger partial charge in [0.25, 0.3) is 11.8 Å². The molecule has 0 aliphatic heterocycles. The summed E-state index contributed by atoms with van der Waals surface area (Å²) in [6, 6.07) is 10.9. The fourth-order valence-corrected chi connectivity index (χ4v) is 3.13. The molecule has 138 valence electrons. The van der Waals surface area contributed by atoms with Crippen LogP contribution in [0.15, 0.2) is 42.5 Å². The molecule has 0 fully saturated rings. The third-order valence-corrected chi connectivity index (χ3v) is 4.82. The normalized spacial score (nSPS) is 11.2. The molecule has 26 heavy (non-hydrogen) atoms. The van der Waals surface area contributed by atoms with Crippen LogP contribution in [0.2, 0.25) is 15.1 Å². The Kier molecular flexibility index (Phi) is 6.46. The molecule has 0 saturated carbocycles. The van der Waals surface area contributed by atoms with E-state index in [2.05, 4.69) is 0 Å². The number of rotatable bonds is 2. The first-order valence-corrected chi connectivity index (χ1v) is 9.05. The van der Waals surface area contributed by atoms with E-state index in [4.69, 9.17) is 46.6 Å². The van der Waals surface area contributed by atoms with E-state index in [1.54, 1.807) is 45.0 Å². The molecule has 0 spiro atoms. The van der Waals surface area contributed by atoms with E-state index in [-0.39, 0.29) is 21.2 Å². The highest BCUT2D eigenvalue weighted by molar-refractivity contribution is 6.42. The zero-order chi connectivity index (χ0) is 19.6. The lowest BCUT2D eigenvalue weighted by molar-refractivity contribution is -0.00369. The van der Waals surface area contributed by atoms with Crippen molar-refractivity contribution in [2.45, 2.75) is 26.3 Å². The topological polar surface area (TPSA) is 40.6 Å². The van der Waals surface area contributed by atoms with Crippen molar-refractivity contribution >= 4 is 58.4 Å². The number of amides is 2. The van der Waals surface area contributed by atoms with E-state index in [0.717, 1.165) is 9.54 Å². The van der Waals surface area contributed by atoms with Crippen molar-refractivity contribution < 1.29 is 9.59 Å². The van der Waals surface area contributed by atoms with Crippen LogP contribution in [0.4, 0.5) is 0 Å². The van der Waals surface area contributed by atoms with E-state index >= 15 is 0 Å². The Hall–Kier alpha value is -1.46. The fraction of sp³-hybridized carbons (Fsp3) is 0.222. The minimum atomic E-state index is -0.802. The quantitative estimate of drug-likeness (QED) is 0.424. The molecule has 2 aromatic rings. The first-order valence-electron chi connectivity index (χ1n) is 7.58. The summed E-state index contributed by atoms with van der Waals surface area (Å²) in [4.78, 5) is 25.8. The van der Waals surface area contributed by atoms with Crippen LogP contribution in [0.1, 0.15) is 41.5 Å². The van der Waals surface area contributed by atoms with Gasteiger partial charge in [0.1, 0.15) is 0 Å². The molecule has 0 aliphatic rings. The molecule has 8 heteroatoms. The van der Waals surface area contributed by atoms with Gasteiger partial charge in [0.2, 0.25) is 0 Å². The summed E-state index contributed by atoms with van der Waals surface area (Å²) in [6.45, 7) is 5.25. The Labute approximate surface area is 172 Å². The molecule has 0 unspecified atom stereocenters. The van der Waals surface area contributed by atoms with Crippen molar-refractivity contribution in [1.82, 2.24) is 9.54 Å². The lowest BCUT2D eigenvalue weighted by Crippen LogP contribution is -2.54. The predicted octanol–water partition coefficient (Wildman–Crippen LogP) is 6.10. The third-order valence-electron chi connectivity index (χ3n) is 3.44. The number of hydrazine groups is 1. The maximum atomic E-state index is 13.0. The highest BCUT2D eigenvalue weighted by atomic mass is 35.5. The molecule has 2 aromatic carbocycles. The number of halogens is 4. The molecule has 0 bridgehead atoms. The monoisotopic (exact) mass is 432 g/mol. The number of carbonyl (C=O) groups is 2. The minimum absolute atomic E-state index is 0.190. The summed E-state index contributed by atoms with van der Waals surface area (Å²) in [5.41, 5.74) is -0.378. The third kappa shape index (κ3) is 4.44. The number of hydrogen-bond acceptors (Lipinski definition) is 2. The molecule has 0 atom stereocenters. The minimum Gasteiger partial charge on any atom is -0.267 e. The van der Waals surface area contributed by atoms with Crippen molar-refractivity contribution in [1.29, 1.82) is 0 Å². The van der Waals surface area contributed by atoms with Crippen LogP contribution in [0.5, 0.6) is 0 Å². The number of nitrogens with zero attached hydrogens (tertiary/aromatic N) is 2. The molecule has 0 saturated heterocycles. The van der Waals surface area contributed by atoms with Gasteiger partial charge in [-0.3, -0.25) is 9.59 Å². The van der Waals surface area contributed by atoms with Crippen molar-refractivity contribution in [2.75, 3.05) is 0 Å². The molecule has 2 amide bonds. The predicted molar refractivity (Wildman–Crippen MR) is 106 cm³/mol. The Morgan fingerprint density at radius 2 is 1.46 bits per heavy atom. The molecule has 2 rings (SSSR count).